The summed E-state index contributed by atoms with van der Waals surface area (Å²) >= 11 is 0. The Morgan fingerprint density at radius 2 is 1.44 bits per heavy atom. The molecule has 9 nitrogen and oxygen atoms in total. The Morgan fingerprint density at radius 3 is 2.03 bits per heavy atom. The van der Waals surface area contributed by atoms with Crippen molar-refractivity contribution in [3.05, 3.63) is 53.6 Å². The molecule has 0 heterocycles. The third-order valence-electron chi connectivity index (χ3n) is 4.52. The van der Waals surface area contributed by atoms with Gasteiger partial charge < -0.3 is 33.5 Å². The Bertz CT molecular complexity index is 968. The minimum Gasteiger partial charge on any atom is -0.493 e. The Balaban J connectivity index is 2.35. The number of carbonyl (C=O) groups is 2. The van der Waals surface area contributed by atoms with E-state index in [1.807, 2.05) is 0 Å². The number of hydrogen-bond donors (Lipinski definition) is 1. The maximum atomic E-state index is 12.4. The van der Waals surface area contributed by atoms with E-state index in [9.17, 15) is 14.7 Å². The van der Waals surface area contributed by atoms with E-state index in [2.05, 4.69) is 4.74 Å². The largest absolute Gasteiger partial charge is 0.493 e. The predicted octanol–water partition coefficient (Wildman–Crippen LogP) is 2.55. The average Bonchev–Trinajstić information content (AvgIpc) is 2.84. The lowest BCUT2D eigenvalue weighted by molar-refractivity contribution is -0.154. The maximum absolute atomic E-state index is 12.4. The van der Waals surface area contributed by atoms with E-state index in [0.717, 1.165) is 0 Å². The summed E-state index contributed by atoms with van der Waals surface area (Å²) in [5.41, 5.74) is 0.990. The van der Waals surface area contributed by atoms with Crippen LogP contribution in [0, 0.1) is 0 Å². The fourth-order valence-corrected chi connectivity index (χ4v) is 2.82. The van der Waals surface area contributed by atoms with Gasteiger partial charge in [0.2, 0.25) is 6.10 Å². The number of benzene rings is 2. The lowest BCUT2D eigenvalue weighted by Crippen LogP contribution is -2.35. The van der Waals surface area contributed by atoms with Crippen molar-refractivity contribution in [2.75, 3.05) is 35.5 Å². The van der Waals surface area contributed by atoms with E-state index in [0.29, 0.717) is 22.6 Å². The second-order valence-electron chi connectivity index (χ2n) is 6.39. The van der Waals surface area contributed by atoms with Crippen molar-refractivity contribution >= 4 is 18.0 Å². The summed E-state index contributed by atoms with van der Waals surface area (Å²) in [5.74, 6) is 0.0309. The minimum absolute atomic E-state index is 0.192. The van der Waals surface area contributed by atoms with Gasteiger partial charge in [0, 0.05) is 6.08 Å². The van der Waals surface area contributed by atoms with Gasteiger partial charge in [-0.15, -0.1) is 0 Å². The molecule has 1 N–H and O–H groups in total. The van der Waals surface area contributed by atoms with Crippen molar-refractivity contribution in [2.45, 2.75) is 12.2 Å². The zero-order chi connectivity index (χ0) is 23.7. The van der Waals surface area contributed by atoms with E-state index in [4.69, 9.17) is 23.7 Å². The summed E-state index contributed by atoms with van der Waals surface area (Å²) in [4.78, 5) is 23.7. The first-order chi connectivity index (χ1) is 15.4. The molecule has 0 aromatic heterocycles. The number of carbonyl (C=O) groups excluding carboxylic acids is 2. The third-order valence-corrected chi connectivity index (χ3v) is 4.52. The number of aliphatic hydroxyl groups is 1. The first-order valence-electron chi connectivity index (χ1n) is 9.47. The van der Waals surface area contributed by atoms with E-state index in [1.54, 1.807) is 36.4 Å². The molecule has 0 saturated carbocycles. The van der Waals surface area contributed by atoms with Gasteiger partial charge in [-0.25, -0.2) is 9.59 Å². The molecule has 0 aliphatic rings. The van der Waals surface area contributed by atoms with Crippen molar-refractivity contribution in [3.63, 3.8) is 0 Å². The van der Waals surface area contributed by atoms with Crippen LogP contribution in [0.1, 0.15) is 17.2 Å². The fraction of sp³-hybridized carbons (Fsp3) is 0.304. The number of aliphatic hydroxyl groups excluding tert-OH is 1. The summed E-state index contributed by atoms with van der Waals surface area (Å²) < 4.78 is 31.0. The molecule has 2 aromatic rings. The van der Waals surface area contributed by atoms with Gasteiger partial charge in [-0.05, 0) is 41.5 Å². The lowest BCUT2D eigenvalue weighted by Gasteiger charge is -2.24. The summed E-state index contributed by atoms with van der Waals surface area (Å²) in [7, 11) is 6.85. The molecule has 0 aliphatic heterocycles. The first-order valence-corrected chi connectivity index (χ1v) is 9.47. The quantitative estimate of drug-likeness (QED) is 0.435. The van der Waals surface area contributed by atoms with Gasteiger partial charge in [0.15, 0.2) is 23.0 Å². The average molecular weight is 446 g/mol. The van der Waals surface area contributed by atoms with Crippen molar-refractivity contribution in [3.8, 4) is 23.0 Å². The Hall–Kier alpha value is -3.72. The monoisotopic (exact) mass is 446 g/mol. The topological polar surface area (TPSA) is 110 Å². The van der Waals surface area contributed by atoms with Crippen LogP contribution in [0.4, 0.5) is 0 Å². The number of methoxy groups -OCH3 is 5. The third kappa shape index (κ3) is 5.92. The highest BCUT2D eigenvalue weighted by atomic mass is 16.6. The first kappa shape index (κ1) is 24.5. The van der Waals surface area contributed by atoms with Crippen molar-refractivity contribution in [2.24, 2.45) is 0 Å². The van der Waals surface area contributed by atoms with Crippen LogP contribution in [0.3, 0.4) is 0 Å². The molecular weight excluding hydrogens is 420 g/mol. The number of ether oxygens (including phenoxy) is 6. The van der Waals surface area contributed by atoms with Crippen LogP contribution in [0.5, 0.6) is 23.0 Å². The van der Waals surface area contributed by atoms with Gasteiger partial charge in [0.1, 0.15) is 6.10 Å². The molecule has 0 spiro atoms. The van der Waals surface area contributed by atoms with Crippen LogP contribution < -0.4 is 18.9 Å². The van der Waals surface area contributed by atoms with Crippen LogP contribution in [0.2, 0.25) is 0 Å². The summed E-state index contributed by atoms with van der Waals surface area (Å²) in [5, 5.41) is 10.9. The van der Waals surface area contributed by atoms with Crippen LogP contribution in [-0.2, 0) is 19.1 Å². The van der Waals surface area contributed by atoms with Gasteiger partial charge >= 0.3 is 11.9 Å². The molecular formula is C23H26O9. The van der Waals surface area contributed by atoms with E-state index < -0.39 is 24.1 Å². The smallest absolute Gasteiger partial charge is 0.350 e. The zero-order valence-corrected chi connectivity index (χ0v) is 18.5. The van der Waals surface area contributed by atoms with Crippen LogP contribution in [-0.4, -0.2) is 58.7 Å². The molecule has 32 heavy (non-hydrogen) atoms. The summed E-state index contributed by atoms with van der Waals surface area (Å²) in [6, 6.07) is 9.53. The van der Waals surface area contributed by atoms with Gasteiger partial charge in [0.05, 0.1) is 35.5 Å². The van der Waals surface area contributed by atoms with E-state index in [1.165, 1.54) is 47.7 Å². The number of hydrogen-bond acceptors (Lipinski definition) is 9. The van der Waals surface area contributed by atoms with Crippen molar-refractivity contribution in [1.29, 1.82) is 0 Å². The highest BCUT2D eigenvalue weighted by molar-refractivity contribution is 5.87. The Labute approximate surface area is 186 Å². The predicted molar refractivity (Wildman–Crippen MR) is 115 cm³/mol. The molecule has 0 saturated heterocycles. The van der Waals surface area contributed by atoms with Gasteiger partial charge in [0.25, 0.3) is 0 Å². The highest BCUT2D eigenvalue weighted by Crippen LogP contribution is 2.34. The Kier molecular flexibility index (Phi) is 8.91. The molecule has 2 aromatic carbocycles. The molecule has 0 radical (unpaired) electrons. The van der Waals surface area contributed by atoms with Crippen LogP contribution >= 0.6 is 0 Å². The van der Waals surface area contributed by atoms with Crippen molar-refractivity contribution in [1.82, 2.24) is 0 Å². The molecule has 2 rings (SSSR count). The highest BCUT2D eigenvalue weighted by Gasteiger charge is 2.32. The molecule has 172 valence electrons. The SMILES string of the molecule is COC(=O)/C=C/c1ccc(O[C@@H](C(=O)OC)[C@H](O)c2ccc(OC)c(OC)c2)c(OC)c1. The summed E-state index contributed by atoms with van der Waals surface area (Å²) in [6.45, 7) is 0. The molecule has 0 bridgehead atoms. The Morgan fingerprint density at radius 1 is 0.812 bits per heavy atom. The van der Waals surface area contributed by atoms with Gasteiger partial charge in [-0.2, -0.15) is 0 Å². The minimum atomic E-state index is -1.40. The standard InChI is InChI=1S/C23H26O9/c1-27-16-10-8-15(13-19(16)29-3)21(25)22(23(26)31-5)32-17-9-6-14(12-18(17)28-2)7-11-20(24)30-4/h6-13,21-22,25H,1-5H3/b11-7+/t21-,22-/m1/s1. The number of rotatable bonds is 10. The van der Waals surface area contributed by atoms with Crippen molar-refractivity contribution < 1.29 is 43.1 Å². The van der Waals surface area contributed by atoms with Gasteiger partial charge in [-0.3, -0.25) is 0 Å². The maximum Gasteiger partial charge on any atom is 0.350 e. The van der Waals surface area contributed by atoms with E-state index in [-0.39, 0.29) is 11.5 Å². The molecule has 2 atom stereocenters. The second-order valence-corrected chi connectivity index (χ2v) is 6.39. The van der Waals surface area contributed by atoms with Gasteiger partial charge in [-0.1, -0.05) is 12.1 Å². The molecule has 0 unspecified atom stereocenters. The molecule has 0 aliphatic carbocycles. The lowest BCUT2D eigenvalue weighted by atomic mass is 10.0. The van der Waals surface area contributed by atoms with Crippen LogP contribution in [0.15, 0.2) is 42.5 Å². The molecule has 0 fully saturated rings. The van der Waals surface area contributed by atoms with E-state index >= 15 is 0 Å². The zero-order valence-electron chi connectivity index (χ0n) is 18.5. The van der Waals surface area contributed by atoms with Crippen LogP contribution in [0.25, 0.3) is 6.08 Å². The summed E-state index contributed by atoms with van der Waals surface area (Å²) in [6.07, 6.45) is 0.0104. The second kappa shape index (κ2) is 11.6. The molecule has 9 heteroatoms. The fourth-order valence-electron chi connectivity index (χ4n) is 2.82. The number of esters is 2. The molecule has 0 amide bonds. The normalized spacial score (nSPS) is 12.6.